The maximum absolute atomic E-state index is 9.81. The van der Waals surface area contributed by atoms with Gasteiger partial charge in [-0.3, -0.25) is 0 Å². The minimum absolute atomic E-state index is 0.0632. The van der Waals surface area contributed by atoms with Crippen molar-refractivity contribution >= 4 is 0 Å². The number of hydrogen-bond donors (Lipinski definition) is 3. The van der Waals surface area contributed by atoms with Gasteiger partial charge in [0.25, 0.3) is 0 Å². The number of fused-ring (bicyclic) bond motifs is 1. The maximum atomic E-state index is 9.81. The molecule has 0 spiro atoms. The van der Waals surface area contributed by atoms with E-state index in [9.17, 15) is 10.2 Å². The molecule has 0 amide bonds. The van der Waals surface area contributed by atoms with Gasteiger partial charge in [-0.2, -0.15) is 0 Å². The SMILES string of the molecule is COc1ccc([C@H]2[NH2+]CCc3cc(O)c(O)cc32)cc1OC. The summed E-state index contributed by atoms with van der Waals surface area (Å²) < 4.78 is 10.6. The van der Waals surface area contributed by atoms with Gasteiger partial charge in [0.05, 0.1) is 20.8 Å². The van der Waals surface area contributed by atoms with Gasteiger partial charge in [-0.05, 0) is 35.9 Å². The van der Waals surface area contributed by atoms with E-state index in [1.165, 1.54) is 0 Å². The van der Waals surface area contributed by atoms with Gasteiger partial charge < -0.3 is 25.0 Å². The molecule has 0 fully saturated rings. The molecule has 5 heteroatoms. The summed E-state index contributed by atoms with van der Waals surface area (Å²) in [6.07, 6.45) is 0.868. The Labute approximate surface area is 129 Å². The predicted molar refractivity (Wildman–Crippen MR) is 81.7 cm³/mol. The summed E-state index contributed by atoms with van der Waals surface area (Å²) >= 11 is 0. The number of benzene rings is 2. The molecule has 0 aliphatic carbocycles. The summed E-state index contributed by atoms with van der Waals surface area (Å²) in [6.45, 7) is 0.927. The number of phenolic OH excluding ortho intramolecular Hbond substituents is 2. The van der Waals surface area contributed by atoms with Crippen LogP contribution in [0.2, 0.25) is 0 Å². The Morgan fingerprint density at radius 1 is 1.00 bits per heavy atom. The lowest BCUT2D eigenvalue weighted by molar-refractivity contribution is -0.690. The molecule has 1 heterocycles. The Kier molecular flexibility index (Phi) is 3.81. The first-order valence-electron chi connectivity index (χ1n) is 7.24. The number of phenols is 2. The van der Waals surface area contributed by atoms with Crippen molar-refractivity contribution in [1.29, 1.82) is 0 Å². The Balaban J connectivity index is 2.06. The highest BCUT2D eigenvalue weighted by Gasteiger charge is 2.27. The molecule has 0 saturated carbocycles. The van der Waals surface area contributed by atoms with Crippen molar-refractivity contribution in [3.8, 4) is 23.0 Å². The summed E-state index contributed by atoms with van der Waals surface area (Å²) in [7, 11) is 3.23. The van der Waals surface area contributed by atoms with E-state index in [1.807, 2.05) is 18.2 Å². The van der Waals surface area contributed by atoms with Crippen molar-refractivity contribution in [3.05, 3.63) is 47.0 Å². The van der Waals surface area contributed by atoms with Gasteiger partial charge in [0.2, 0.25) is 0 Å². The second kappa shape index (κ2) is 5.77. The van der Waals surface area contributed by atoms with Gasteiger partial charge >= 0.3 is 0 Å². The second-order valence-electron chi connectivity index (χ2n) is 5.41. The zero-order valence-corrected chi connectivity index (χ0v) is 12.7. The summed E-state index contributed by atoms with van der Waals surface area (Å²) in [5, 5.41) is 21.7. The molecule has 22 heavy (non-hydrogen) atoms. The number of methoxy groups -OCH3 is 2. The molecule has 0 radical (unpaired) electrons. The highest BCUT2D eigenvalue weighted by atomic mass is 16.5. The summed E-state index contributed by atoms with van der Waals surface area (Å²) in [5.74, 6) is 1.23. The van der Waals surface area contributed by atoms with Gasteiger partial charge in [-0.15, -0.1) is 0 Å². The van der Waals surface area contributed by atoms with Crippen LogP contribution in [0.4, 0.5) is 0 Å². The highest BCUT2D eigenvalue weighted by molar-refractivity contribution is 5.51. The monoisotopic (exact) mass is 302 g/mol. The molecule has 1 aliphatic heterocycles. The minimum Gasteiger partial charge on any atom is -0.504 e. The van der Waals surface area contributed by atoms with Crippen molar-refractivity contribution in [1.82, 2.24) is 0 Å². The third-order valence-electron chi connectivity index (χ3n) is 4.15. The van der Waals surface area contributed by atoms with Crippen LogP contribution in [0.3, 0.4) is 0 Å². The largest absolute Gasteiger partial charge is 0.504 e. The smallest absolute Gasteiger partial charge is 0.161 e. The van der Waals surface area contributed by atoms with Gasteiger partial charge in [-0.1, -0.05) is 0 Å². The third kappa shape index (κ3) is 2.44. The van der Waals surface area contributed by atoms with Gasteiger partial charge in [-0.25, -0.2) is 0 Å². The first-order chi connectivity index (χ1) is 10.6. The number of hydrogen-bond acceptors (Lipinski definition) is 4. The highest BCUT2D eigenvalue weighted by Crippen LogP contribution is 2.36. The summed E-state index contributed by atoms with van der Waals surface area (Å²) in [4.78, 5) is 0. The number of quaternary nitrogens is 1. The van der Waals surface area contributed by atoms with Crippen LogP contribution in [0.25, 0.3) is 0 Å². The van der Waals surface area contributed by atoms with Crippen LogP contribution in [-0.2, 0) is 6.42 Å². The first-order valence-corrected chi connectivity index (χ1v) is 7.24. The number of nitrogens with two attached hydrogens (primary N) is 1. The molecule has 2 aromatic carbocycles. The van der Waals surface area contributed by atoms with Crippen LogP contribution in [0.1, 0.15) is 22.7 Å². The van der Waals surface area contributed by atoms with Crippen LogP contribution in [0, 0.1) is 0 Å². The molecule has 0 aromatic heterocycles. The van der Waals surface area contributed by atoms with E-state index in [0.717, 1.165) is 29.7 Å². The van der Waals surface area contributed by atoms with E-state index in [0.29, 0.717) is 11.5 Å². The van der Waals surface area contributed by atoms with Crippen molar-refractivity contribution in [2.75, 3.05) is 20.8 Å². The molecular formula is C17H20NO4+. The van der Waals surface area contributed by atoms with E-state index in [2.05, 4.69) is 5.32 Å². The lowest BCUT2D eigenvalue weighted by atomic mass is 9.89. The van der Waals surface area contributed by atoms with Crippen molar-refractivity contribution in [2.45, 2.75) is 12.5 Å². The zero-order chi connectivity index (χ0) is 15.7. The third-order valence-corrected chi connectivity index (χ3v) is 4.15. The number of rotatable bonds is 3. The molecule has 4 N–H and O–H groups in total. The normalized spacial score (nSPS) is 16.9. The Morgan fingerprint density at radius 3 is 2.45 bits per heavy atom. The average molecular weight is 302 g/mol. The van der Waals surface area contributed by atoms with Crippen molar-refractivity contribution in [3.63, 3.8) is 0 Å². The molecule has 0 bridgehead atoms. The molecule has 3 rings (SSSR count). The lowest BCUT2D eigenvalue weighted by Gasteiger charge is -2.25. The molecule has 1 atom stereocenters. The average Bonchev–Trinajstić information content (AvgIpc) is 2.54. The van der Waals surface area contributed by atoms with E-state index in [-0.39, 0.29) is 17.5 Å². The number of ether oxygens (including phenoxy) is 2. The molecule has 5 nitrogen and oxygen atoms in total. The topological polar surface area (TPSA) is 75.5 Å². The quantitative estimate of drug-likeness (QED) is 0.748. The first kappa shape index (κ1) is 14.5. The van der Waals surface area contributed by atoms with E-state index in [1.54, 1.807) is 26.4 Å². The summed E-state index contributed by atoms with van der Waals surface area (Å²) in [5.41, 5.74) is 3.16. The van der Waals surface area contributed by atoms with Gasteiger partial charge in [0, 0.05) is 17.5 Å². The van der Waals surface area contributed by atoms with E-state index >= 15 is 0 Å². The molecule has 0 unspecified atom stereocenters. The van der Waals surface area contributed by atoms with Crippen LogP contribution in [0.15, 0.2) is 30.3 Å². The fraction of sp³-hybridized carbons (Fsp3) is 0.294. The van der Waals surface area contributed by atoms with Crippen LogP contribution < -0.4 is 14.8 Å². The molecule has 1 aliphatic rings. The molecule has 0 saturated heterocycles. The zero-order valence-electron chi connectivity index (χ0n) is 12.7. The van der Waals surface area contributed by atoms with E-state index < -0.39 is 0 Å². The number of aromatic hydroxyl groups is 2. The Morgan fingerprint density at radius 2 is 1.73 bits per heavy atom. The standard InChI is InChI=1S/C17H19NO4/c1-21-15-4-3-11(8-16(15)22-2)17-12-9-14(20)13(19)7-10(12)5-6-18-17/h3-4,7-9,17-20H,5-6H2,1-2H3/p+1/t17-/m1/s1. The van der Waals surface area contributed by atoms with E-state index in [4.69, 9.17) is 9.47 Å². The second-order valence-corrected chi connectivity index (χ2v) is 5.41. The molecular weight excluding hydrogens is 282 g/mol. The minimum atomic E-state index is -0.0838. The van der Waals surface area contributed by atoms with Gasteiger partial charge in [0.15, 0.2) is 23.0 Å². The van der Waals surface area contributed by atoms with Crippen LogP contribution >= 0.6 is 0 Å². The van der Waals surface area contributed by atoms with Crippen LogP contribution in [0.5, 0.6) is 23.0 Å². The Hall–Kier alpha value is -2.40. The van der Waals surface area contributed by atoms with Crippen LogP contribution in [-0.4, -0.2) is 31.0 Å². The fourth-order valence-corrected chi connectivity index (χ4v) is 3.04. The molecule has 116 valence electrons. The lowest BCUT2D eigenvalue weighted by Crippen LogP contribution is -2.87. The summed E-state index contributed by atoms with van der Waals surface area (Å²) in [6, 6.07) is 9.22. The fourth-order valence-electron chi connectivity index (χ4n) is 3.04. The predicted octanol–water partition coefficient (Wildman–Crippen LogP) is 1.32. The van der Waals surface area contributed by atoms with Crippen molar-refractivity contribution < 1.29 is 25.0 Å². The van der Waals surface area contributed by atoms with Crippen molar-refractivity contribution in [2.24, 2.45) is 0 Å². The Bertz CT molecular complexity index is 699. The van der Waals surface area contributed by atoms with Gasteiger partial charge in [0.1, 0.15) is 6.04 Å². The maximum Gasteiger partial charge on any atom is 0.161 e. The molecule has 2 aromatic rings.